The van der Waals surface area contributed by atoms with E-state index in [-0.39, 0.29) is 10.8 Å². The molecule has 0 spiro atoms. The molecule has 0 radical (unpaired) electrons. The maximum Gasteiger partial charge on any atom is 0.0228 e. The first-order valence-corrected chi connectivity index (χ1v) is 17.5. The normalized spacial score (nSPS) is 12.9. The van der Waals surface area contributed by atoms with E-state index in [1.54, 1.807) is 0 Å². The third kappa shape index (κ3) is 6.93. The first kappa shape index (κ1) is 30.4. The van der Waals surface area contributed by atoms with Crippen molar-refractivity contribution in [1.29, 1.82) is 0 Å². The molecule has 3 heteroatoms. The summed E-state index contributed by atoms with van der Waals surface area (Å²) in [7, 11) is -1.73. The maximum atomic E-state index is 7.11. The molecule has 0 fully saturated rings. The van der Waals surface area contributed by atoms with Crippen LogP contribution in [0.3, 0.4) is 0 Å². The van der Waals surface area contributed by atoms with Crippen molar-refractivity contribution < 1.29 is 0 Å². The lowest BCUT2D eigenvalue weighted by atomic mass is 9.85. The molecule has 0 aliphatic carbocycles. The highest BCUT2D eigenvalue weighted by Gasteiger charge is 2.25. The van der Waals surface area contributed by atoms with Gasteiger partial charge in [0.2, 0.25) is 0 Å². The van der Waals surface area contributed by atoms with Crippen LogP contribution >= 0.6 is 16.0 Å². The van der Waals surface area contributed by atoms with Crippen molar-refractivity contribution in [2.75, 3.05) is 0 Å². The van der Waals surface area contributed by atoms with Crippen molar-refractivity contribution in [2.24, 2.45) is 5.50 Å². The van der Waals surface area contributed by atoms with Gasteiger partial charge >= 0.3 is 0 Å². The molecule has 1 unspecified atom stereocenters. The monoisotopic (exact) mass is 587 g/mol. The number of hydrogen-bond donors (Lipinski definition) is 1. The van der Waals surface area contributed by atoms with Gasteiger partial charge in [-0.15, -0.1) is 0 Å². The number of benzene rings is 5. The summed E-state index contributed by atoms with van der Waals surface area (Å²) in [6.07, 6.45) is 0.848. The molecule has 0 aromatic heterocycles. The highest BCUT2D eigenvalue weighted by Crippen LogP contribution is 2.37. The summed E-state index contributed by atoms with van der Waals surface area (Å²) < 4.78 is 0. The van der Waals surface area contributed by atoms with Gasteiger partial charge in [-0.25, -0.2) is 0 Å². The lowest BCUT2D eigenvalue weighted by Crippen LogP contribution is -2.27. The zero-order valence-corrected chi connectivity index (χ0v) is 27.6. The van der Waals surface area contributed by atoms with Crippen LogP contribution in [0.4, 0.5) is 0 Å². The highest BCUT2D eigenvalue weighted by atomic mass is 31.1. The summed E-state index contributed by atoms with van der Waals surface area (Å²) in [5.74, 6) is 0. The lowest BCUT2D eigenvalue weighted by Gasteiger charge is -2.28. The molecule has 1 atom stereocenters. The van der Waals surface area contributed by atoms with Crippen LogP contribution in [0.1, 0.15) is 63.8 Å². The summed E-state index contributed by atoms with van der Waals surface area (Å²) in [6, 6.07) is 47.0. The molecule has 0 aliphatic heterocycles. The minimum atomic E-state index is -0.983. The Morgan fingerprint density at radius 2 is 0.857 bits per heavy atom. The van der Waals surface area contributed by atoms with Gasteiger partial charge in [-0.3, -0.25) is 0 Å². The van der Waals surface area contributed by atoms with Crippen molar-refractivity contribution in [3.05, 3.63) is 150 Å². The Bertz CT molecular complexity index is 1580. The van der Waals surface area contributed by atoms with Gasteiger partial charge in [-0.05, 0) is 86.1 Å². The summed E-state index contributed by atoms with van der Waals surface area (Å²) in [5, 5.41) is 6.67. The highest BCUT2D eigenvalue weighted by molar-refractivity contribution is 7.80. The van der Waals surface area contributed by atoms with E-state index in [1.807, 2.05) is 0 Å². The Hall–Kier alpha value is -3.08. The van der Waals surface area contributed by atoms with Crippen LogP contribution in [0.2, 0.25) is 0 Å². The number of nitrogens with two attached hydrogens (primary N) is 1. The molecule has 0 amide bonds. The van der Waals surface area contributed by atoms with Crippen LogP contribution in [0.25, 0.3) is 0 Å². The van der Waals surface area contributed by atoms with Gasteiger partial charge in [0.1, 0.15) is 0 Å². The fraction of sp³-hybridized carbons (Fsp3) is 0.231. The van der Waals surface area contributed by atoms with Crippen molar-refractivity contribution in [2.45, 2.75) is 58.8 Å². The second-order valence-corrected chi connectivity index (χ2v) is 17.0. The molecular weight excluding hydrogens is 544 g/mol. The van der Waals surface area contributed by atoms with Crippen molar-refractivity contribution in [3.8, 4) is 0 Å². The Morgan fingerprint density at radius 3 is 1.29 bits per heavy atom. The van der Waals surface area contributed by atoms with Gasteiger partial charge < -0.3 is 5.50 Å². The zero-order valence-electron chi connectivity index (χ0n) is 25.8. The Labute approximate surface area is 255 Å². The van der Waals surface area contributed by atoms with Crippen molar-refractivity contribution in [3.63, 3.8) is 0 Å². The van der Waals surface area contributed by atoms with E-state index in [0.717, 1.165) is 6.42 Å². The third-order valence-corrected chi connectivity index (χ3v) is 12.2. The van der Waals surface area contributed by atoms with Crippen LogP contribution < -0.4 is 32.0 Å². The number of hydrogen-bond acceptors (Lipinski definition) is 1. The molecule has 0 heterocycles. The fourth-order valence-electron chi connectivity index (χ4n) is 5.31. The molecule has 0 saturated heterocycles. The SMILES string of the molecule is CC(C)(C)c1ccc(Cc2ccc(C(C)(C)C)cc2P(c2ccccc2)c2ccccc2)c(P(N)c2ccccc2)c1. The quantitative estimate of drug-likeness (QED) is 0.192. The summed E-state index contributed by atoms with van der Waals surface area (Å²) in [5.41, 5.74) is 12.6. The summed E-state index contributed by atoms with van der Waals surface area (Å²) in [6.45, 7) is 13.8. The predicted molar refractivity (Wildman–Crippen MR) is 189 cm³/mol. The van der Waals surface area contributed by atoms with Gasteiger partial charge in [-0.1, -0.05) is 157 Å². The first-order chi connectivity index (χ1) is 20.0. The predicted octanol–water partition coefficient (Wildman–Crippen LogP) is 7.94. The largest absolute Gasteiger partial charge is 0.302 e. The fourth-order valence-corrected chi connectivity index (χ4v) is 9.32. The Balaban J connectivity index is 1.70. The smallest absolute Gasteiger partial charge is 0.0228 e. The Morgan fingerprint density at radius 1 is 0.476 bits per heavy atom. The van der Waals surface area contributed by atoms with Gasteiger partial charge in [0.25, 0.3) is 0 Å². The molecule has 5 aromatic carbocycles. The minimum absolute atomic E-state index is 0.0502. The molecule has 0 saturated carbocycles. The van der Waals surface area contributed by atoms with Gasteiger partial charge in [0.15, 0.2) is 0 Å². The zero-order chi connectivity index (χ0) is 29.9. The van der Waals surface area contributed by atoms with Crippen LogP contribution in [0, 0.1) is 0 Å². The lowest BCUT2D eigenvalue weighted by molar-refractivity contribution is 0.590. The van der Waals surface area contributed by atoms with E-state index >= 15 is 0 Å². The van der Waals surface area contributed by atoms with E-state index < -0.39 is 16.0 Å². The second-order valence-electron chi connectivity index (χ2n) is 13.1. The van der Waals surface area contributed by atoms with E-state index in [0.29, 0.717) is 0 Å². The summed E-state index contributed by atoms with van der Waals surface area (Å²) in [4.78, 5) is 0. The molecule has 2 N–H and O–H groups in total. The number of rotatable bonds is 7. The molecular formula is C39H43NP2. The van der Waals surface area contributed by atoms with Gasteiger partial charge in [0, 0.05) is 8.07 Å². The average molecular weight is 588 g/mol. The van der Waals surface area contributed by atoms with Crippen LogP contribution in [-0.2, 0) is 17.3 Å². The minimum Gasteiger partial charge on any atom is -0.302 e. The first-order valence-electron chi connectivity index (χ1n) is 14.8. The maximum absolute atomic E-state index is 7.11. The van der Waals surface area contributed by atoms with Crippen molar-refractivity contribution >= 4 is 42.5 Å². The molecule has 5 aromatic rings. The Kier molecular flexibility index (Phi) is 9.15. The van der Waals surface area contributed by atoms with E-state index in [1.165, 1.54) is 48.8 Å². The molecule has 0 aliphatic rings. The molecule has 1 nitrogen and oxygen atoms in total. The third-order valence-electron chi connectivity index (χ3n) is 7.85. The molecule has 0 bridgehead atoms. The van der Waals surface area contributed by atoms with Crippen LogP contribution in [-0.4, -0.2) is 0 Å². The average Bonchev–Trinajstić information content (AvgIpc) is 2.98. The molecule has 214 valence electrons. The van der Waals surface area contributed by atoms with E-state index in [4.69, 9.17) is 5.50 Å². The van der Waals surface area contributed by atoms with Crippen LogP contribution in [0.15, 0.2) is 127 Å². The van der Waals surface area contributed by atoms with Gasteiger partial charge in [0.05, 0.1) is 0 Å². The molecule has 42 heavy (non-hydrogen) atoms. The second kappa shape index (κ2) is 12.7. The molecule has 5 rings (SSSR count). The van der Waals surface area contributed by atoms with Crippen molar-refractivity contribution in [1.82, 2.24) is 0 Å². The van der Waals surface area contributed by atoms with E-state index in [2.05, 4.69) is 169 Å². The standard InChI is InChI=1S/C39H43NP2/c1-38(2,3)31-24-22-29(36(27-31)41(33-16-10-7-11-17-33)34-18-12-8-13-19-34)26-30-23-25-32(39(4,5)6)28-37(30)42(40)35-20-14-9-15-21-35/h7-25,27-28H,26,40H2,1-6H3. The summed E-state index contributed by atoms with van der Waals surface area (Å²) >= 11 is 0. The van der Waals surface area contributed by atoms with Gasteiger partial charge in [-0.2, -0.15) is 0 Å². The topological polar surface area (TPSA) is 26.0 Å². The van der Waals surface area contributed by atoms with Crippen LogP contribution in [0.5, 0.6) is 0 Å². The van der Waals surface area contributed by atoms with E-state index in [9.17, 15) is 0 Å².